The molecule has 0 saturated heterocycles. The van der Waals surface area contributed by atoms with Crippen LogP contribution in [-0.2, 0) is 11.3 Å². The van der Waals surface area contributed by atoms with Crippen LogP contribution in [0.15, 0.2) is 60.7 Å². The number of carbonyl (C=O) groups excluding carboxylic acids is 2. The van der Waals surface area contributed by atoms with Gasteiger partial charge in [-0.3, -0.25) is 4.79 Å². The Bertz CT molecular complexity index is 915. The van der Waals surface area contributed by atoms with Crippen molar-refractivity contribution in [2.45, 2.75) is 13.5 Å². The highest BCUT2D eigenvalue weighted by Crippen LogP contribution is 2.15. The second kappa shape index (κ2) is 7.65. The third-order valence-electron chi connectivity index (χ3n) is 3.89. The van der Waals surface area contributed by atoms with Crippen molar-refractivity contribution in [2.24, 2.45) is 0 Å². The lowest BCUT2D eigenvalue weighted by Gasteiger charge is -2.09. The fraction of sp³-hybridized carbons (Fsp3) is 0.150. The second-order valence-corrected chi connectivity index (χ2v) is 5.84. The van der Waals surface area contributed by atoms with Gasteiger partial charge in [-0.15, -0.1) is 0 Å². The number of anilines is 1. The fourth-order valence-electron chi connectivity index (χ4n) is 2.59. The Balaban J connectivity index is 1.76. The molecule has 132 valence electrons. The van der Waals surface area contributed by atoms with Gasteiger partial charge in [0.05, 0.1) is 24.9 Å². The summed E-state index contributed by atoms with van der Waals surface area (Å²) in [7, 11) is 1.32. The van der Waals surface area contributed by atoms with E-state index >= 15 is 0 Å². The molecule has 0 fully saturated rings. The van der Waals surface area contributed by atoms with Crippen molar-refractivity contribution in [2.75, 3.05) is 12.4 Å². The number of rotatable bonds is 5. The highest BCUT2D eigenvalue weighted by Gasteiger charge is 2.13. The molecule has 0 spiro atoms. The number of hydrogen-bond donors (Lipinski definition) is 1. The summed E-state index contributed by atoms with van der Waals surface area (Å²) in [6.07, 6.45) is 0. The van der Waals surface area contributed by atoms with Crippen LogP contribution in [0.5, 0.6) is 0 Å². The van der Waals surface area contributed by atoms with Crippen LogP contribution in [0, 0.1) is 6.92 Å². The molecule has 0 aliphatic rings. The molecule has 0 radical (unpaired) electrons. The molecule has 0 unspecified atom stereocenters. The number of carbonyl (C=O) groups is 2. The zero-order valence-electron chi connectivity index (χ0n) is 14.6. The molecule has 1 N–H and O–H groups in total. The smallest absolute Gasteiger partial charge is 0.337 e. The lowest BCUT2D eigenvalue weighted by molar-refractivity contribution is 0.0600. The molecule has 3 rings (SSSR count). The summed E-state index contributed by atoms with van der Waals surface area (Å²) < 4.78 is 6.41. The van der Waals surface area contributed by atoms with Crippen LogP contribution in [0.25, 0.3) is 0 Å². The fourth-order valence-corrected chi connectivity index (χ4v) is 2.59. The predicted octanol–water partition coefficient (Wildman–Crippen LogP) is 3.28. The number of aromatic nitrogens is 2. The Morgan fingerprint density at radius 2 is 1.69 bits per heavy atom. The monoisotopic (exact) mass is 349 g/mol. The van der Waals surface area contributed by atoms with Crippen LogP contribution in [0.1, 0.15) is 32.0 Å². The van der Waals surface area contributed by atoms with Gasteiger partial charge in [0.1, 0.15) is 5.82 Å². The maximum atomic E-state index is 12.5. The molecule has 6 heteroatoms. The van der Waals surface area contributed by atoms with Crippen LogP contribution in [0.4, 0.5) is 5.82 Å². The van der Waals surface area contributed by atoms with Crippen molar-refractivity contribution >= 4 is 17.7 Å². The predicted molar refractivity (Wildman–Crippen MR) is 98.2 cm³/mol. The average Bonchev–Trinajstić information content (AvgIpc) is 3.00. The van der Waals surface area contributed by atoms with Gasteiger partial charge in [-0.05, 0) is 36.8 Å². The van der Waals surface area contributed by atoms with E-state index in [0.717, 1.165) is 11.3 Å². The quantitative estimate of drug-likeness (QED) is 0.718. The topological polar surface area (TPSA) is 73.2 Å². The zero-order chi connectivity index (χ0) is 18.5. The maximum absolute atomic E-state index is 12.5. The standard InChI is InChI=1S/C20H19N3O3/c1-14-12-18(23(22-14)13-15-6-4-3-5-7-15)21-19(24)16-8-10-17(11-9-16)20(25)26-2/h3-12H,13H2,1-2H3,(H,21,24). The van der Waals surface area contributed by atoms with E-state index in [1.807, 2.05) is 43.3 Å². The van der Waals surface area contributed by atoms with E-state index in [2.05, 4.69) is 15.2 Å². The van der Waals surface area contributed by atoms with Gasteiger partial charge in [0.2, 0.25) is 0 Å². The second-order valence-electron chi connectivity index (χ2n) is 5.84. The van der Waals surface area contributed by atoms with Gasteiger partial charge in [0.15, 0.2) is 0 Å². The van der Waals surface area contributed by atoms with Crippen LogP contribution >= 0.6 is 0 Å². The van der Waals surface area contributed by atoms with Crippen molar-refractivity contribution in [3.05, 3.63) is 83.0 Å². The molecule has 0 aliphatic heterocycles. The van der Waals surface area contributed by atoms with Gasteiger partial charge in [0.25, 0.3) is 5.91 Å². The number of nitrogens with one attached hydrogen (secondary N) is 1. The Morgan fingerprint density at radius 1 is 1.04 bits per heavy atom. The molecular formula is C20H19N3O3. The van der Waals surface area contributed by atoms with Crippen LogP contribution < -0.4 is 5.32 Å². The number of aryl methyl sites for hydroxylation is 1. The molecule has 3 aromatic rings. The number of methoxy groups -OCH3 is 1. The van der Waals surface area contributed by atoms with Crippen molar-refractivity contribution in [1.82, 2.24) is 9.78 Å². The summed E-state index contributed by atoms with van der Waals surface area (Å²) in [6, 6.07) is 18.0. The van der Waals surface area contributed by atoms with E-state index in [4.69, 9.17) is 0 Å². The van der Waals surface area contributed by atoms with Crippen LogP contribution in [-0.4, -0.2) is 28.8 Å². The Kier molecular flexibility index (Phi) is 5.12. The normalized spacial score (nSPS) is 10.4. The molecule has 0 aliphatic carbocycles. The van der Waals surface area contributed by atoms with E-state index in [0.29, 0.717) is 23.5 Å². The molecule has 6 nitrogen and oxygen atoms in total. The van der Waals surface area contributed by atoms with Gasteiger partial charge >= 0.3 is 5.97 Å². The zero-order valence-corrected chi connectivity index (χ0v) is 14.6. The van der Waals surface area contributed by atoms with Crippen LogP contribution in [0.3, 0.4) is 0 Å². The minimum absolute atomic E-state index is 0.268. The van der Waals surface area contributed by atoms with Crippen molar-refractivity contribution < 1.29 is 14.3 Å². The number of amides is 1. The summed E-state index contributed by atoms with van der Waals surface area (Å²) >= 11 is 0. The molecule has 1 amide bonds. The Morgan fingerprint density at radius 3 is 2.35 bits per heavy atom. The summed E-state index contributed by atoms with van der Waals surface area (Å²) in [5.41, 5.74) is 2.75. The van der Waals surface area contributed by atoms with E-state index in [9.17, 15) is 9.59 Å². The van der Waals surface area contributed by atoms with Crippen LogP contribution in [0.2, 0.25) is 0 Å². The van der Waals surface area contributed by atoms with Gasteiger partial charge in [-0.25, -0.2) is 9.48 Å². The average molecular weight is 349 g/mol. The first-order chi connectivity index (χ1) is 12.6. The highest BCUT2D eigenvalue weighted by molar-refractivity contribution is 6.04. The summed E-state index contributed by atoms with van der Waals surface area (Å²) in [4.78, 5) is 24.0. The Labute approximate surface area is 151 Å². The van der Waals surface area contributed by atoms with Gasteiger partial charge in [-0.1, -0.05) is 30.3 Å². The number of hydrogen-bond acceptors (Lipinski definition) is 4. The maximum Gasteiger partial charge on any atom is 0.337 e. The Hall–Kier alpha value is -3.41. The number of benzene rings is 2. The highest BCUT2D eigenvalue weighted by atomic mass is 16.5. The van der Waals surface area contributed by atoms with E-state index in [-0.39, 0.29) is 5.91 Å². The molecule has 0 atom stereocenters. The first-order valence-electron chi connectivity index (χ1n) is 8.15. The van der Waals surface area contributed by atoms with Gasteiger partial charge < -0.3 is 10.1 Å². The van der Waals surface area contributed by atoms with Crippen molar-refractivity contribution in [1.29, 1.82) is 0 Å². The molecule has 1 aromatic heterocycles. The summed E-state index contributed by atoms with van der Waals surface area (Å²) in [5.74, 6) is -0.0856. The lowest BCUT2D eigenvalue weighted by atomic mass is 10.1. The van der Waals surface area contributed by atoms with Crippen molar-refractivity contribution in [3.8, 4) is 0 Å². The lowest BCUT2D eigenvalue weighted by Crippen LogP contribution is -2.16. The summed E-state index contributed by atoms with van der Waals surface area (Å²) in [5, 5.41) is 7.32. The van der Waals surface area contributed by atoms with E-state index in [1.165, 1.54) is 7.11 Å². The third kappa shape index (κ3) is 3.97. The molecule has 26 heavy (non-hydrogen) atoms. The van der Waals surface area contributed by atoms with E-state index < -0.39 is 5.97 Å². The summed E-state index contributed by atoms with van der Waals surface area (Å²) in [6.45, 7) is 2.44. The van der Waals surface area contributed by atoms with E-state index in [1.54, 1.807) is 28.9 Å². The minimum Gasteiger partial charge on any atom is -0.465 e. The largest absolute Gasteiger partial charge is 0.465 e. The van der Waals surface area contributed by atoms with Gasteiger partial charge in [0, 0.05) is 11.6 Å². The molecule has 0 saturated carbocycles. The number of esters is 1. The van der Waals surface area contributed by atoms with Gasteiger partial charge in [-0.2, -0.15) is 5.10 Å². The molecule has 1 heterocycles. The number of nitrogens with zero attached hydrogens (tertiary/aromatic N) is 2. The first kappa shape index (κ1) is 17.4. The number of ether oxygens (including phenoxy) is 1. The molecular weight excluding hydrogens is 330 g/mol. The SMILES string of the molecule is COC(=O)c1ccc(C(=O)Nc2cc(C)nn2Cc2ccccc2)cc1. The molecule has 0 bridgehead atoms. The third-order valence-corrected chi connectivity index (χ3v) is 3.89. The molecule has 2 aromatic carbocycles. The van der Waals surface area contributed by atoms with Crippen molar-refractivity contribution in [3.63, 3.8) is 0 Å². The first-order valence-corrected chi connectivity index (χ1v) is 8.15. The minimum atomic E-state index is -0.437.